The molecule has 3 nitrogen and oxygen atoms in total. The average molecular weight is 269 g/mol. The lowest BCUT2D eigenvalue weighted by molar-refractivity contribution is 0.628. The number of rotatable bonds is 2. The summed E-state index contributed by atoms with van der Waals surface area (Å²) in [6.45, 7) is 4.88. The highest BCUT2D eigenvalue weighted by atomic mass is 19.1. The molecule has 1 heterocycles. The Morgan fingerprint density at radius 2 is 2.00 bits per heavy atom. The molecule has 102 valence electrons. The average Bonchev–Trinajstić information content (AvgIpc) is 2.75. The molecule has 2 aromatic carbocycles. The van der Waals surface area contributed by atoms with Crippen LogP contribution < -0.4 is 5.73 Å². The number of hydrogen-bond donors (Lipinski definition) is 1. The molecule has 0 bridgehead atoms. The third-order valence-electron chi connectivity index (χ3n) is 3.47. The molecule has 3 aromatic rings. The second-order valence-electron chi connectivity index (χ2n) is 4.90. The smallest absolute Gasteiger partial charge is 0.143 e. The number of anilines is 1. The van der Waals surface area contributed by atoms with E-state index in [1.807, 2.05) is 13.0 Å². The summed E-state index contributed by atoms with van der Waals surface area (Å²) in [6.07, 6.45) is 0. The Hall–Kier alpha value is -2.36. The number of aromatic nitrogens is 2. The van der Waals surface area contributed by atoms with Gasteiger partial charge in [0.05, 0.1) is 11.0 Å². The van der Waals surface area contributed by atoms with Crippen LogP contribution in [-0.2, 0) is 6.54 Å². The zero-order valence-electron chi connectivity index (χ0n) is 11.5. The molecule has 0 unspecified atom stereocenters. The molecule has 0 amide bonds. The van der Waals surface area contributed by atoms with E-state index in [1.54, 1.807) is 6.07 Å². The summed E-state index contributed by atoms with van der Waals surface area (Å²) in [4.78, 5) is 4.67. The van der Waals surface area contributed by atoms with E-state index in [4.69, 9.17) is 5.73 Å². The van der Waals surface area contributed by atoms with Crippen molar-refractivity contribution < 1.29 is 4.39 Å². The molecule has 3 rings (SSSR count). The second kappa shape index (κ2) is 4.63. The summed E-state index contributed by atoms with van der Waals surface area (Å²) in [6, 6.07) is 10.6. The third kappa shape index (κ3) is 1.93. The van der Waals surface area contributed by atoms with Crippen LogP contribution in [0.1, 0.15) is 12.5 Å². The SMILES string of the molecule is CCn1c(-c2ccc(F)cc2N)nc2cc(C)ccc21. The lowest BCUT2D eigenvalue weighted by atomic mass is 10.1. The number of nitrogens with two attached hydrogens (primary N) is 1. The maximum atomic E-state index is 13.2. The highest BCUT2D eigenvalue weighted by molar-refractivity contribution is 5.84. The lowest BCUT2D eigenvalue weighted by Crippen LogP contribution is -2.00. The number of hydrogen-bond acceptors (Lipinski definition) is 2. The minimum atomic E-state index is -0.332. The van der Waals surface area contributed by atoms with Crippen molar-refractivity contribution in [1.82, 2.24) is 9.55 Å². The molecule has 2 N–H and O–H groups in total. The predicted octanol–water partition coefficient (Wildman–Crippen LogP) is 3.75. The molecule has 0 aliphatic carbocycles. The largest absolute Gasteiger partial charge is 0.398 e. The van der Waals surface area contributed by atoms with Gasteiger partial charge < -0.3 is 10.3 Å². The standard InChI is InChI=1S/C16H16FN3/c1-3-20-15-7-4-10(2)8-14(15)19-16(20)12-6-5-11(17)9-13(12)18/h4-9H,3,18H2,1-2H3. The van der Waals surface area contributed by atoms with Gasteiger partial charge in [0.2, 0.25) is 0 Å². The van der Waals surface area contributed by atoms with Crippen molar-refractivity contribution in [3.63, 3.8) is 0 Å². The first-order chi connectivity index (χ1) is 9.60. The molecule has 0 fully saturated rings. The fourth-order valence-corrected chi connectivity index (χ4v) is 2.50. The van der Waals surface area contributed by atoms with Gasteiger partial charge in [0.25, 0.3) is 0 Å². The van der Waals surface area contributed by atoms with Gasteiger partial charge in [-0.2, -0.15) is 0 Å². The first kappa shape index (κ1) is 12.7. The Labute approximate surface area is 116 Å². The topological polar surface area (TPSA) is 43.8 Å². The van der Waals surface area contributed by atoms with Crippen LogP contribution in [-0.4, -0.2) is 9.55 Å². The normalized spacial score (nSPS) is 11.2. The zero-order chi connectivity index (χ0) is 14.3. The zero-order valence-corrected chi connectivity index (χ0v) is 11.5. The van der Waals surface area contributed by atoms with Crippen LogP contribution >= 0.6 is 0 Å². The van der Waals surface area contributed by atoms with E-state index in [9.17, 15) is 4.39 Å². The monoisotopic (exact) mass is 269 g/mol. The molecule has 1 aromatic heterocycles. The summed E-state index contributed by atoms with van der Waals surface area (Å²) in [5.74, 6) is 0.451. The predicted molar refractivity (Wildman–Crippen MR) is 80.0 cm³/mol. The summed E-state index contributed by atoms with van der Waals surface area (Å²) in [5.41, 5.74) is 10.3. The van der Waals surface area contributed by atoms with Gasteiger partial charge in [-0.25, -0.2) is 9.37 Å². The van der Waals surface area contributed by atoms with E-state index >= 15 is 0 Å². The molecule has 0 aliphatic heterocycles. The molecule has 0 saturated heterocycles. The fraction of sp³-hybridized carbons (Fsp3) is 0.188. The third-order valence-corrected chi connectivity index (χ3v) is 3.47. The highest BCUT2D eigenvalue weighted by Gasteiger charge is 2.14. The number of aryl methyl sites for hydroxylation is 2. The van der Waals surface area contributed by atoms with Gasteiger partial charge in [-0.05, 0) is 49.7 Å². The van der Waals surface area contributed by atoms with Crippen molar-refractivity contribution in [2.24, 2.45) is 0 Å². The van der Waals surface area contributed by atoms with Crippen LogP contribution in [0.15, 0.2) is 36.4 Å². The quantitative estimate of drug-likeness (QED) is 0.720. The lowest BCUT2D eigenvalue weighted by Gasteiger charge is -2.08. The van der Waals surface area contributed by atoms with Gasteiger partial charge in [-0.1, -0.05) is 6.07 Å². The molecule has 0 atom stereocenters. The molecule has 4 heteroatoms. The van der Waals surface area contributed by atoms with Crippen LogP contribution in [0, 0.1) is 12.7 Å². The van der Waals surface area contributed by atoms with Gasteiger partial charge in [-0.15, -0.1) is 0 Å². The number of fused-ring (bicyclic) bond motifs is 1. The maximum absolute atomic E-state index is 13.2. The van der Waals surface area contributed by atoms with Crippen LogP contribution in [0.5, 0.6) is 0 Å². The Balaban J connectivity index is 2.30. The molecule has 20 heavy (non-hydrogen) atoms. The minimum Gasteiger partial charge on any atom is -0.398 e. The van der Waals surface area contributed by atoms with E-state index < -0.39 is 0 Å². The number of nitrogen functional groups attached to an aromatic ring is 1. The van der Waals surface area contributed by atoms with E-state index in [0.29, 0.717) is 5.69 Å². The van der Waals surface area contributed by atoms with Crippen molar-refractivity contribution in [2.75, 3.05) is 5.73 Å². The van der Waals surface area contributed by atoms with Gasteiger partial charge in [0.15, 0.2) is 0 Å². The number of imidazole rings is 1. The van der Waals surface area contributed by atoms with Gasteiger partial charge in [0.1, 0.15) is 11.6 Å². The molecule has 0 spiro atoms. The molecule has 0 saturated carbocycles. The van der Waals surface area contributed by atoms with Crippen molar-refractivity contribution in [3.8, 4) is 11.4 Å². The Kier molecular flexibility index (Phi) is 2.93. The summed E-state index contributed by atoms with van der Waals surface area (Å²) in [5, 5.41) is 0. The summed E-state index contributed by atoms with van der Waals surface area (Å²) in [7, 11) is 0. The van der Waals surface area contributed by atoms with Crippen molar-refractivity contribution >= 4 is 16.7 Å². The van der Waals surface area contributed by atoms with Crippen molar-refractivity contribution in [2.45, 2.75) is 20.4 Å². The van der Waals surface area contributed by atoms with Crippen molar-refractivity contribution in [3.05, 3.63) is 47.8 Å². The maximum Gasteiger partial charge on any atom is 0.143 e. The van der Waals surface area contributed by atoms with Crippen molar-refractivity contribution in [1.29, 1.82) is 0 Å². The highest BCUT2D eigenvalue weighted by Crippen LogP contribution is 2.29. The molecule has 0 aliphatic rings. The second-order valence-corrected chi connectivity index (χ2v) is 4.90. The Bertz CT molecular complexity index is 790. The molecule has 0 radical (unpaired) electrons. The molecular weight excluding hydrogens is 253 g/mol. The number of benzene rings is 2. The summed E-state index contributed by atoms with van der Waals surface area (Å²) < 4.78 is 15.3. The Morgan fingerprint density at radius 1 is 1.20 bits per heavy atom. The van der Waals surface area contributed by atoms with Gasteiger partial charge in [-0.3, -0.25) is 0 Å². The summed E-state index contributed by atoms with van der Waals surface area (Å²) >= 11 is 0. The van der Waals surface area contributed by atoms with Crippen LogP contribution in [0.25, 0.3) is 22.4 Å². The van der Waals surface area contributed by atoms with Crippen LogP contribution in [0.4, 0.5) is 10.1 Å². The van der Waals surface area contributed by atoms with E-state index in [2.05, 4.69) is 28.6 Å². The number of nitrogens with zero attached hydrogens (tertiary/aromatic N) is 2. The van der Waals surface area contributed by atoms with E-state index in [0.717, 1.165) is 34.5 Å². The van der Waals surface area contributed by atoms with Crippen LogP contribution in [0.3, 0.4) is 0 Å². The first-order valence-electron chi connectivity index (χ1n) is 6.62. The van der Waals surface area contributed by atoms with Gasteiger partial charge in [0, 0.05) is 17.8 Å². The van der Waals surface area contributed by atoms with Crippen LogP contribution in [0.2, 0.25) is 0 Å². The molecular formula is C16H16FN3. The van der Waals surface area contributed by atoms with Gasteiger partial charge >= 0.3 is 0 Å². The fourth-order valence-electron chi connectivity index (χ4n) is 2.50. The van der Waals surface area contributed by atoms with E-state index in [1.165, 1.54) is 12.1 Å². The van der Waals surface area contributed by atoms with E-state index in [-0.39, 0.29) is 5.82 Å². The Morgan fingerprint density at radius 3 is 2.70 bits per heavy atom. The number of halogens is 1. The first-order valence-corrected chi connectivity index (χ1v) is 6.62. The minimum absolute atomic E-state index is 0.332.